The van der Waals surface area contributed by atoms with Gasteiger partial charge in [0.05, 0.1) is 26.0 Å². The minimum atomic E-state index is -1.70. The van der Waals surface area contributed by atoms with Crippen LogP contribution >= 0.6 is 0 Å². The number of carbonyl (C=O) groups excluding carboxylic acids is 6. The van der Waals surface area contributed by atoms with Crippen molar-refractivity contribution in [3.05, 3.63) is 18.2 Å². The molecule has 1 aromatic rings. The molecule has 0 aromatic carbocycles. The zero-order chi connectivity index (χ0) is 40.1. The number of aliphatic carboxylic acids is 2. The molecule has 1 aromatic heterocycles. The van der Waals surface area contributed by atoms with E-state index in [4.69, 9.17) is 17.2 Å². The molecule has 0 aliphatic carbocycles. The predicted molar refractivity (Wildman–Crippen MR) is 185 cm³/mol. The SMILES string of the molecule is CC[C@H](C)[C@H](NC(=O)CNC(=O)CN)C(=O)N[C@@H](CCC(=O)O)C(=O)N[C@@H](CCCN=C(N)N)C(=O)N[C@@H](Cc1cnc[nH]1)C(=O)N[C@@H](CO)C(=O)O. The summed E-state index contributed by atoms with van der Waals surface area (Å²) in [6, 6.07) is -7.37. The Morgan fingerprint density at radius 1 is 0.849 bits per heavy atom. The van der Waals surface area contributed by atoms with E-state index in [1.807, 2.05) is 0 Å². The Hall–Kier alpha value is -5.84. The van der Waals surface area contributed by atoms with Crippen molar-refractivity contribution in [1.29, 1.82) is 0 Å². The van der Waals surface area contributed by atoms with E-state index >= 15 is 0 Å². The number of carbonyl (C=O) groups is 8. The Bertz CT molecular complexity index is 1440. The van der Waals surface area contributed by atoms with Crippen molar-refractivity contribution in [2.45, 2.75) is 82.6 Å². The zero-order valence-electron chi connectivity index (χ0n) is 29.4. The number of aromatic nitrogens is 2. The topological polar surface area (TPSA) is 389 Å². The Labute approximate surface area is 304 Å². The van der Waals surface area contributed by atoms with Gasteiger partial charge in [0, 0.05) is 31.3 Å². The van der Waals surface area contributed by atoms with E-state index < -0.39 is 110 Å². The van der Waals surface area contributed by atoms with Gasteiger partial charge in [-0.2, -0.15) is 0 Å². The number of carboxylic acids is 2. The summed E-state index contributed by atoms with van der Waals surface area (Å²) >= 11 is 0. The highest BCUT2D eigenvalue weighted by molar-refractivity contribution is 5.96. The fraction of sp³-hybridized carbons (Fsp3) is 0.600. The predicted octanol–water partition coefficient (Wildman–Crippen LogP) is -5.51. The summed E-state index contributed by atoms with van der Waals surface area (Å²) in [5, 5.41) is 42.3. The molecule has 1 heterocycles. The third-order valence-electron chi connectivity index (χ3n) is 7.71. The van der Waals surface area contributed by atoms with Crippen molar-refractivity contribution >= 4 is 53.3 Å². The normalized spacial score (nSPS) is 14.1. The van der Waals surface area contributed by atoms with Gasteiger partial charge in [-0.05, 0) is 25.2 Å². The standard InChI is InChI=1S/C30H50N12O11/c1-3-15(2)24(42-22(45)12-36-21(44)10-31)28(51)39-18(6-7-23(46)47)26(49)38-17(5-4-8-35-30(32)33)25(48)40-19(9-16-11-34-14-37-16)27(50)41-20(13-43)29(52)53/h11,14-15,17-20,24,43H,3-10,12-13,31H2,1-2H3,(H,34,37)(H,36,44)(H,38,49)(H,39,51)(H,40,48)(H,41,50)(H,42,45)(H,46,47)(H,52,53)(H4,32,33,35)/t15-,17-,18-,19-,20-,24-/m0/s1. The number of carboxylic acid groups (broad SMARTS) is 2. The van der Waals surface area contributed by atoms with Crippen LogP contribution in [0.2, 0.25) is 0 Å². The average molecular weight is 755 g/mol. The molecule has 0 aliphatic heterocycles. The fourth-order valence-electron chi connectivity index (χ4n) is 4.58. The van der Waals surface area contributed by atoms with E-state index in [1.165, 1.54) is 12.5 Å². The van der Waals surface area contributed by atoms with Crippen LogP contribution in [0.15, 0.2) is 17.5 Å². The number of hydrogen-bond acceptors (Lipinski definition) is 12. The number of aliphatic imine (C=N–C) groups is 1. The lowest BCUT2D eigenvalue weighted by Crippen LogP contribution is -2.60. The highest BCUT2D eigenvalue weighted by Crippen LogP contribution is 2.11. The molecule has 1 rings (SSSR count). The van der Waals surface area contributed by atoms with Gasteiger partial charge in [0.1, 0.15) is 30.2 Å². The lowest BCUT2D eigenvalue weighted by atomic mass is 9.97. The van der Waals surface area contributed by atoms with Crippen molar-refractivity contribution in [1.82, 2.24) is 41.9 Å². The molecule has 0 spiro atoms. The second kappa shape index (κ2) is 23.6. The smallest absolute Gasteiger partial charge is 0.328 e. The summed E-state index contributed by atoms with van der Waals surface area (Å²) < 4.78 is 0. The number of aromatic amines is 1. The highest BCUT2D eigenvalue weighted by Gasteiger charge is 2.34. The molecular weight excluding hydrogens is 704 g/mol. The van der Waals surface area contributed by atoms with Crippen LogP contribution in [0.3, 0.4) is 0 Å². The molecule has 0 fully saturated rings. The number of aliphatic hydroxyl groups is 1. The molecule has 0 unspecified atom stereocenters. The van der Waals surface area contributed by atoms with E-state index in [-0.39, 0.29) is 38.3 Å². The van der Waals surface area contributed by atoms with Crippen LogP contribution in [0, 0.1) is 5.92 Å². The van der Waals surface area contributed by atoms with Gasteiger partial charge in [-0.3, -0.25) is 38.6 Å². The number of hydrogen-bond donors (Lipinski definition) is 13. The molecule has 0 bridgehead atoms. The second-order valence-electron chi connectivity index (χ2n) is 11.8. The summed E-state index contributed by atoms with van der Waals surface area (Å²) in [5.41, 5.74) is 16.3. The number of amides is 6. The first-order valence-corrected chi connectivity index (χ1v) is 16.6. The first kappa shape index (κ1) is 45.2. The molecule has 23 heteroatoms. The van der Waals surface area contributed by atoms with Gasteiger partial charge in [0.15, 0.2) is 5.96 Å². The third-order valence-corrected chi connectivity index (χ3v) is 7.71. The van der Waals surface area contributed by atoms with Crippen LogP contribution in [0.1, 0.15) is 51.6 Å². The minimum Gasteiger partial charge on any atom is -0.481 e. The van der Waals surface area contributed by atoms with Crippen LogP contribution < -0.4 is 49.1 Å². The van der Waals surface area contributed by atoms with Gasteiger partial charge in [-0.1, -0.05) is 20.3 Å². The minimum absolute atomic E-state index is 0.0119. The van der Waals surface area contributed by atoms with Crippen molar-refractivity contribution in [2.75, 3.05) is 26.2 Å². The van der Waals surface area contributed by atoms with Crippen molar-refractivity contribution in [2.24, 2.45) is 28.1 Å². The number of imidazole rings is 1. The van der Waals surface area contributed by atoms with Crippen LogP contribution in [-0.4, -0.2) is 135 Å². The zero-order valence-corrected chi connectivity index (χ0v) is 29.4. The molecule has 6 atom stereocenters. The van der Waals surface area contributed by atoms with Crippen LogP contribution in [0.5, 0.6) is 0 Å². The molecule has 0 saturated heterocycles. The van der Waals surface area contributed by atoms with E-state index in [0.29, 0.717) is 12.1 Å². The number of H-pyrrole nitrogens is 1. The summed E-state index contributed by atoms with van der Waals surface area (Å²) in [6.45, 7) is 1.57. The number of rotatable bonds is 25. The van der Waals surface area contributed by atoms with Crippen molar-refractivity contribution in [3.8, 4) is 0 Å². The second-order valence-corrected chi connectivity index (χ2v) is 11.8. The number of nitrogens with two attached hydrogens (primary N) is 3. The van der Waals surface area contributed by atoms with Crippen LogP contribution in [-0.2, 0) is 44.8 Å². The van der Waals surface area contributed by atoms with Gasteiger partial charge < -0.3 is 69.4 Å². The summed E-state index contributed by atoms with van der Waals surface area (Å²) in [7, 11) is 0. The number of nitrogens with one attached hydrogen (secondary N) is 7. The number of aliphatic hydroxyl groups excluding tert-OH is 1. The van der Waals surface area contributed by atoms with Crippen LogP contribution in [0.25, 0.3) is 0 Å². The Balaban J connectivity index is 3.36. The van der Waals surface area contributed by atoms with Gasteiger partial charge in [-0.15, -0.1) is 0 Å². The molecule has 6 amide bonds. The maximum Gasteiger partial charge on any atom is 0.328 e. The number of nitrogens with zero attached hydrogens (tertiary/aromatic N) is 2. The maximum atomic E-state index is 13.7. The highest BCUT2D eigenvalue weighted by atomic mass is 16.4. The van der Waals surface area contributed by atoms with E-state index in [0.717, 1.165) is 0 Å². The lowest BCUT2D eigenvalue weighted by Gasteiger charge is -2.28. The maximum absolute atomic E-state index is 13.7. The Morgan fingerprint density at radius 2 is 1.43 bits per heavy atom. The first-order valence-electron chi connectivity index (χ1n) is 16.6. The van der Waals surface area contributed by atoms with E-state index in [2.05, 4.69) is 46.9 Å². The van der Waals surface area contributed by atoms with Crippen molar-refractivity contribution < 1.29 is 53.7 Å². The van der Waals surface area contributed by atoms with E-state index in [1.54, 1.807) is 13.8 Å². The summed E-state index contributed by atoms with van der Waals surface area (Å²) in [5.74, 6) is -8.72. The molecule has 53 heavy (non-hydrogen) atoms. The number of guanidine groups is 1. The fourth-order valence-corrected chi connectivity index (χ4v) is 4.58. The quantitative estimate of drug-likeness (QED) is 0.0252. The van der Waals surface area contributed by atoms with Gasteiger partial charge in [0.2, 0.25) is 35.4 Å². The van der Waals surface area contributed by atoms with Gasteiger partial charge >= 0.3 is 11.9 Å². The summed E-state index contributed by atoms with van der Waals surface area (Å²) in [6.07, 6.45) is 1.75. The first-order chi connectivity index (χ1) is 25.0. The Kier molecular flexibility index (Phi) is 20.1. The molecule has 16 N–H and O–H groups in total. The third kappa shape index (κ3) is 17.3. The van der Waals surface area contributed by atoms with Crippen molar-refractivity contribution in [3.63, 3.8) is 0 Å². The Morgan fingerprint density at radius 3 is 1.96 bits per heavy atom. The summed E-state index contributed by atoms with van der Waals surface area (Å²) in [4.78, 5) is 111. The molecule has 0 aliphatic rings. The van der Waals surface area contributed by atoms with Gasteiger partial charge in [-0.25, -0.2) is 9.78 Å². The largest absolute Gasteiger partial charge is 0.481 e. The average Bonchev–Trinajstić information content (AvgIpc) is 3.63. The van der Waals surface area contributed by atoms with E-state index in [9.17, 15) is 53.7 Å². The molecule has 0 saturated carbocycles. The lowest BCUT2D eigenvalue weighted by molar-refractivity contribution is -0.143. The monoisotopic (exact) mass is 754 g/mol. The molecule has 0 radical (unpaired) electrons. The van der Waals surface area contributed by atoms with Gasteiger partial charge in [0.25, 0.3) is 0 Å². The van der Waals surface area contributed by atoms with Crippen LogP contribution in [0.4, 0.5) is 0 Å². The molecule has 296 valence electrons. The molecule has 23 nitrogen and oxygen atoms in total. The molecular formula is C30H50N12O11.